The van der Waals surface area contributed by atoms with Crippen LogP contribution in [0.4, 0.5) is 0 Å². The highest BCUT2D eigenvalue weighted by Crippen LogP contribution is 2.02. The molecule has 1 aliphatic heterocycles. The number of nitrogens with zero attached hydrogens (tertiary/aromatic N) is 1. The van der Waals surface area contributed by atoms with E-state index in [9.17, 15) is 16.8 Å². The van der Waals surface area contributed by atoms with Crippen LogP contribution in [0.2, 0.25) is 0 Å². The van der Waals surface area contributed by atoms with Gasteiger partial charge in [-0.15, -0.1) is 0 Å². The molecule has 12 heteroatoms. The molecule has 0 aromatic rings. The van der Waals surface area contributed by atoms with Crippen molar-refractivity contribution >= 4 is 25.9 Å². The van der Waals surface area contributed by atoms with Crippen molar-refractivity contribution in [1.82, 2.24) is 5.32 Å². The number of hydrogen-bond donors (Lipinski definition) is 4. The van der Waals surface area contributed by atoms with E-state index in [1.165, 1.54) is 0 Å². The summed E-state index contributed by atoms with van der Waals surface area (Å²) in [7, 11) is -5.78. The average Bonchev–Trinajstić information content (AvgIpc) is 2.60. The Hall–Kier alpha value is -0.790. The molecule has 1 aliphatic rings. The predicted molar refractivity (Wildman–Crippen MR) is 74.8 cm³/mol. The fourth-order valence-electron chi connectivity index (χ4n) is 1.08. The van der Waals surface area contributed by atoms with Crippen LogP contribution in [0.3, 0.4) is 0 Å². The van der Waals surface area contributed by atoms with Crippen LogP contribution < -0.4 is 11.1 Å². The van der Waals surface area contributed by atoms with Gasteiger partial charge in [-0.2, -0.15) is 16.8 Å². The minimum Gasteiger partial charge on any atom is -0.399 e. The molecule has 10 nitrogen and oxygen atoms in total. The van der Waals surface area contributed by atoms with Gasteiger partial charge in [0.2, 0.25) is 0 Å². The van der Waals surface area contributed by atoms with Crippen LogP contribution in [0, 0.1) is 5.92 Å². The molecule has 0 spiro atoms. The molecule has 20 heavy (non-hydrogen) atoms. The van der Waals surface area contributed by atoms with Crippen molar-refractivity contribution in [1.29, 1.82) is 0 Å². The second-order valence-electron chi connectivity index (χ2n) is 3.79. The van der Waals surface area contributed by atoms with Crippen molar-refractivity contribution in [3.8, 4) is 0 Å². The van der Waals surface area contributed by atoms with Crippen molar-refractivity contribution in [2.24, 2.45) is 16.8 Å². The molecule has 0 amide bonds. The first-order chi connectivity index (χ1) is 8.88. The Labute approximate surface area is 118 Å². The molecule has 1 fully saturated rings. The topological polar surface area (TPSA) is 168 Å². The largest absolute Gasteiger partial charge is 0.399 e. The van der Waals surface area contributed by atoms with E-state index in [0.717, 1.165) is 18.8 Å². The second-order valence-corrected chi connectivity index (χ2v) is 6.73. The van der Waals surface area contributed by atoms with Crippen LogP contribution in [-0.2, 0) is 25.1 Å². The molecule has 1 atom stereocenters. The van der Waals surface area contributed by atoms with Gasteiger partial charge < -0.3 is 15.9 Å². The van der Waals surface area contributed by atoms with Crippen LogP contribution in [0.5, 0.6) is 0 Å². The zero-order valence-corrected chi connectivity index (χ0v) is 13.1. The predicted octanol–water partition coefficient (Wildman–Crippen LogP) is -1.83. The zero-order chi connectivity index (χ0) is 16.4. The first-order valence-electron chi connectivity index (χ1n) is 5.24. The Kier molecular flexibility index (Phi) is 10.8. The van der Waals surface area contributed by atoms with Crippen molar-refractivity contribution in [2.45, 2.75) is 0 Å². The van der Waals surface area contributed by atoms with E-state index in [-0.39, 0.29) is 0 Å². The van der Waals surface area contributed by atoms with E-state index < -0.39 is 20.2 Å². The summed E-state index contributed by atoms with van der Waals surface area (Å²) in [6.07, 6.45) is 1.43. The summed E-state index contributed by atoms with van der Waals surface area (Å²) in [6.45, 7) is 2.39. The molecule has 0 aliphatic carbocycles. The smallest absolute Gasteiger partial charge is 0.261 e. The quantitative estimate of drug-likeness (QED) is 0.335. The lowest BCUT2D eigenvalue weighted by Gasteiger charge is -2.03. The first-order valence-corrected chi connectivity index (χ1v) is 8.93. The highest BCUT2D eigenvalue weighted by Gasteiger charge is 2.20. The van der Waals surface area contributed by atoms with E-state index in [1.807, 2.05) is 0 Å². The molecule has 0 saturated carbocycles. The summed E-state index contributed by atoms with van der Waals surface area (Å²) in [4.78, 5) is 4.65. The molecule has 1 saturated heterocycles. The van der Waals surface area contributed by atoms with Gasteiger partial charge in [0, 0.05) is 25.6 Å². The van der Waals surface area contributed by atoms with Crippen molar-refractivity contribution in [3.63, 3.8) is 0 Å². The van der Waals surface area contributed by atoms with E-state index in [1.54, 1.807) is 7.11 Å². The highest BCUT2D eigenvalue weighted by molar-refractivity contribution is 7.85. The van der Waals surface area contributed by atoms with Crippen LogP contribution in [-0.4, -0.2) is 70.9 Å². The Morgan fingerprint density at radius 2 is 1.70 bits per heavy atom. The fraction of sp³-hybridized carbons (Fsp3) is 0.875. The van der Waals surface area contributed by atoms with Crippen molar-refractivity contribution < 1.29 is 30.8 Å². The minimum absolute atomic E-state index is 0.375. The molecular weight excluding hydrogens is 314 g/mol. The monoisotopic (exact) mass is 335 g/mol. The zero-order valence-electron chi connectivity index (χ0n) is 11.5. The molecule has 1 unspecified atom stereocenters. The summed E-state index contributed by atoms with van der Waals surface area (Å²) in [5.74, 6) is 0.375. The Balaban J connectivity index is 0. The third kappa shape index (κ3) is 22.4. The van der Waals surface area contributed by atoms with Gasteiger partial charge in [0.25, 0.3) is 20.2 Å². The number of nitrogens with one attached hydrogen (secondary N) is 1. The van der Waals surface area contributed by atoms with Gasteiger partial charge in [-0.3, -0.25) is 9.11 Å². The third-order valence-corrected chi connectivity index (χ3v) is 1.66. The molecular formula is C8H21N3O7S2. The number of nitrogens with two attached hydrogens (primary N) is 1. The average molecular weight is 335 g/mol. The molecule has 0 bridgehead atoms. The summed E-state index contributed by atoms with van der Waals surface area (Å²) in [5, 5.41) is 7.02. The van der Waals surface area contributed by atoms with Crippen LogP contribution in [0.1, 0.15) is 0 Å². The summed E-state index contributed by atoms with van der Waals surface area (Å²) >= 11 is 0. The molecule has 122 valence electrons. The number of oxime groups is 1. The second kappa shape index (κ2) is 10.0. The summed E-state index contributed by atoms with van der Waals surface area (Å²) in [6, 6.07) is 0. The van der Waals surface area contributed by atoms with Crippen molar-refractivity contribution in [2.75, 3.05) is 39.3 Å². The third-order valence-electron chi connectivity index (χ3n) is 1.66. The van der Waals surface area contributed by atoms with Gasteiger partial charge in [-0.05, 0) is 0 Å². The standard InChI is InChI=1S/C6H13N3O.2CH4O3S/c1-10-9-6-4-8-3-5(6)2-7;2*1-5(2,3)4/h5,8H,2-4,7H2,1H3;2*1H3,(H,2,3,4). The molecule has 0 radical (unpaired) electrons. The van der Waals surface area contributed by atoms with E-state index >= 15 is 0 Å². The first kappa shape index (κ1) is 21.5. The molecule has 1 heterocycles. The maximum absolute atomic E-state index is 9.19. The van der Waals surface area contributed by atoms with Gasteiger partial charge in [-0.1, -0.05) is 5.16 Å². The van der Waals surface area contributed by atoms with Gasteiger partial charge in [0.1, 0.15) is 7.11 Å². The molecule has 0 aromatic heterocycles. The Morgan fingerprint density at radius 3 is 2.00 bits per heavy atom. The molecule has 5 N–H and O–H groups in total. The molecule has 0 aromatic carbocycles. The number of hydrogen-bond acceptors (Lipinski definition) is 8. The van der Waals surface area contributed by atoms with Gasteiger partial charge in [0.15, 0.2) is 0 Å². The lowest BCUT2D eigenvalue weighted by molar-refractivity contribution is 0.211. The summed E-state index contributed by atoms with van der Waals surface area (Å²) in [5.41, 5.74) is 6.51. The Morgan fingerprint density at radius 1 is 1.30 bits per heavy atom. The SMILES string of the molecule is CON=C1CNCC1CN.CS(=O)(=O)O.CS(=O)(=O)O. The van der Waals surface area contributed by atoms with Crippen LogP contribution in [0.15, 0.2) is 5.16 Å². The Bertz CT molecular complexity index is 440. The van der Waals surface area contributed by atoms with Crippen LogP contribution in [0.25, 0.3) is 0 Å². The van der Waals surface area contributed by atoms with E-state index in [4.69, 9.17) is 14.8 Å². The lowest BCUT2D eigenvalue weighted by atomic mass is 10.1. The van der Waals surface area contributed by atoms with Gasteiger partial charge in [-0.25, -0.2) is 0 Å². The van der Waals surface area contributed by atoms with Gasteiger partial charge in [0.05, 0.1) is 18.2 Å². The van der Waals surface area contributed by atoms with Crippen molar-refractivity contribution in [3.05, 3.63) is 0 Å². The highest BCUT2D eigenvalue weighted by atomic mass is 32.2. The van der Waals surface area contributed by atoms with E-state index in [2.05, 4.69) is 15.3 Å². The molecule has 1 rings (SSSR count). The van der Waals surface area contributed by atoms with Gasteiger partial charge >= 0.3 is 0 Å². The maximum Gasteiger partial charge on any atom is 0.261 e. The summed E-state index contributed by atoms with van der Waals surface area (Å²) < 4.78 is 51.7. The maximum atomic E-state index is 9.19. The van der Waals surface area contributed by atoms with E-state index in [0.29, 0.717) is 25.0 Å². The van der Waals surface area contributed by atoms with Crippen LogP contribution >= 0.6 is 0 Å². The number of rotatable bonds is 2. The lowest BCUT2D eigenvalue weighted by Crippen LogP contribution is -2.22. The fourth-order valence-corrected chi connectivity index (χ4v) is 1.08. The normalized spacial score (nSPS) is 20.5. The minimum atomic E-state index is -3.67.